The van der Waals surface area contributed by atoms with Gasteiger partial charge in [0, 0.05) is 5.69 Å². The smallest absolute Gasteiger partial charge is 0.411 e. The molecule has 7 N–H and O–H groups in total. The monoisotopic (exact) mass is 1020 g/mol. The number of amides is 1. The first-order chi connectivity index (χ1) is 34.9. The van der Waals surface area contributed by atoms with Gasteiger partial charge < -0.3 is 45.1 Å². The molecule has 8 atom stereocenters. The number of rotatable bonds is 47. The maximum Gasteiger partial charge on any atom is 0.411 e. The van der Waals surface area contributed by atoms with E-state index in [2.05, 4.69) is 24.5 Å². The van der Waals surface area contributed by atoms with Crippen molar-refractivity contribution in [3.63, 3.8) is 0 Å². The molecule has 0 radical (unpaired) electrons. The molecule has 11 heteroatoms. The highest BCUT2D eigenvalue weighted by molar-refractivity contribution is 5.86. The Hall–Kier alpha value is -1.83. The van der Waals surface area contributed by atoms with E-state index in [1.165, 1.54) is 193 Å². The number of aliphatic hydroxyl groups is 5. The van der Waals surface area contributed by atoms with Gasteiger partial charge >= 0.3 is 6.09 Å². The molecule has 1 saturated heterocycles. The van der Waals surface area contributed by atoms with Crippen LogP contribution < -0.4 is 10.6 Å². The fraction of sp³-hybridized carbons (Fsp3) is 0.885. The lowest BCUT2D eigenvalue weighted by Crippen LogP contribution is -2.60. The molecule has 2 rings (SSSR count). The molecule has 422 valence electrons. The van der Waals surface area contributed by atoms with Crippen molar-refractivity contribution in [2.45, 2.75) is 327 Å². The molecule has 11 nitrogen and oxygen atoms in total. The molecule has 1 amide bonds. The van der Waals surface area contributed by atoms with E-state index < -0.39 is 61.7 Å². The number of aliphatic hydroxyl groups excluding tert-OH is 5. The number of nitrogens with one attached hydrogen (secondary N) is 2. The fourth-order valence-corrected chi connectivity index (χ4v) is 10.2. The normalized spacial score (nSPS) is 19.6. The van der Waals surface area contributed by atoms with Crippen LogP contribution in [-0.2, 0) is 19.6 Å². The average Bonchev–Trinajstić information content (AvgIpc) is 3.36. The summed E-state index contributed by atoms with van der Waals surface area (Å²) >= 11 is 0. The van der Waals surface area contributed by atoms with Gasteiger partial charge in [-0.3, -0.25) is 5.32 Å². The number of benzene rings is 1. The van der Waals surface area contributed by atoms with Crippen LogP contribution in [0.25, 0.3) is 0 Å². The lowest BCUT2D eigenvalue weighted by molar-refractivity contribution is -0.302. The third-order valence-electron chi connectivity index (χ3n) is 15.1. The molecule has 1 aliphatic heterocycles. The summed E-state index contributed by atoms with van der Waals surface area (Å²) in [6.45, 7) is 10.8. The highest BCUT2D eigenvalue weighted by atomic mass is 16.7. The zero-order valence-corrected chi connectivity index (χ0v) is 47.1. The van der Waals surface area contributed by atoms with Crippen molar-refractivity contribution in [1.29, 1.82) is 0 Å². The Balaban J connectivity index is 1.73. The van der Waals surface area contributed by atoms with Crippen LogP contribution in [0.4, 0.5) is 10.5 Å². The zero-order chi connectivity index (χ0) is 52.5. The van der Waals surface area contributed by atoms with E-state index in [1.54, 1.807) is 6.07 Å². The summed E-state index contributed by atoms with van der Waals surface area (Å²) in [6, 6.07) is 6.77. The molecule has 72 heavy (non-hydrogen) atoms. The van der Waals surface area contributed by atoms with E-state index in [4.69, 9.17) is 14.2 Å². The van der Waals surface area contributed by atoms with Crippen LogP contribution in [0.5, 0.6) is 0 Å². The molecule has 0 saturated carbocycles. The Bertz CT molecular complexity index is 1400. The summed E-state index contributed by atoms with van der Waals surface area (Å²) in [5.74, 6) is 0. The van der Waals surface area contributed by atoms with Crippen molar-refractivity contribution in [1.82, 2.24) is 5.32 Å². The Morgan fingerprint density at radius 2 is 0.972 bits per heavy atom. The van der Waals surface area contributed by atoms with E-state index in [9.17, 15) is 30.3 Å². The van der Waals surface area contributed by atoms with Crippen LogP contribution in [0.2, 0.25) is 0 Å². The average molecular weight is 1020 g/mol. The number of hydrogen-bond donors (Lipinski definition) is 7. The second-order valence-electron chi connectivity index (χ2n) is 22.8. The van der Waals surface area contributed by atoms with Crippen LogP contribution in [0.15, 0.2) is 24.3 Å². The van der Waals surface area contributed by atoms with Crippen molar-refractivity contribution in [3.05, 3.63) is 29.8 Å². The van der Waals surface area contributed by atoms with E-state index in [-0.39, 0.29) is 12.0 Å². The zero-order valence-electron chi connectivity index (χ0n) is 47.1. The topological polar surface area (TPSA) is 170 Å². The lowest BCUT2D eigenvalue weighted by atomic mass is 9.86. The van der Waals surface area contributed by atoms with Crippen LogP contribution in [0, 0.1) is 0 Å². The highest BCUT2D eigenvalue weighted by Crippen LogP contribution is 2.30. The third-order valence-corrected chi connectivity index (χ3v) is 15.1. The minimum absolute atomic E-state index is 0.127. The van der Waals surface area contributed by atoms with Crippen molar-refractivity contribution in [3.8, 4) is 0 Å². The van der Waals surface area contributed by atoms with Gasteiger partial charge in [-0.15, -0.1) is 0 Å². The van der Waals surface area contributed by atoms with E-state index >= 15 is 0 Å². The molecule has 1 aromatic carbocycles. The first kappa shape index (κ1) is 66.3. The number of para-hydroxylation sites is 1. The summed E-state index contributed by atoms with van der Waals surface area (Å²) in [5.41, 5.74) is 1.29. The van der Waals surface area contributed by atoms with Crippen LogP contribution in [0.3, 0.4) is 0 Å². The molecular formula is C61H114N2O9. The minimum Gasteiger partial charge on any atom is -0.446 e. The highest BCUT2D eigenvalue weighted by Gasteiger charge is 2.45. The van der Waals surface area contributed by atoms with E-state index in [1.807, 2.05) is 39.0 Å². The van der Waals surface area contributed by atoms with Crippen molar-refractivity contribution in [2.75, 3.05) is 25.1 Å². The van der Waals surface area contributed by atoms with Crippen molar-refractivity contribution in [2.24, 2.45) is 0 Å². The predicted octanol–water partition coefficient (Wildman–Crippen LogP) is 14.5. The van der Waals surface area contributed by atoms with Gasteiger partial charge in [0.2, 0.25) is 0 Å². The first-order valence-electron chi connectivity index (χ1n) is 30.3. The van der Waals surface area contributed by atoms with Gasteiger partial charge in [-0.2, -0.15) is 0 Å². The number of ether oxygens (including phenoxy) is 3. The molecule has 0 aromatic heterocycles. The Morgan fingerprint density at radius 1 is 0.569 bits per heavy atom. The van der Waals surface area contributed by atoms with Crippen LogP contribution in [0.1, 0.15) is 278 Å². The summed E-state index contributed by atoms with van der Waals surface area (Å²) in [6.07, 6.45) is 37.0. The lowest BCUT2D eigenvalue weighted by Gasteiger charge is -2.40. The van der Waals surface area contributed by atoms with E-state index in [0.717, 1.165) is 44.1 Å². The van der Waals surface area contributed by atoms with Crippen molar-refractivity contribution < 1.29 is 44.5 Å². The number of carbonyl (C=O) groups is 1. The minimum atomic E-state index is -1.63. The molecule has 0 unspecified atom stereocenters. The molecule has 1 aliphatic rings. The second kappa shape index (κ2) is 43.3. The summed E-state index contributed by atoms with van der Waals surface area (Å²) in [4.78, 5) is 12.9. The molecule has 0 aliphatic carbocycles. The number of unbranched alkanes of at least 4 members (excludes halogenated alkanes) is 34. The molecular weight excluding hydrogens is 905 g/mol. The molecule has 0 bridgehead atoms. The maximum absolute atomic E-state index is 12.9. The fourth-order valence-electron chi connectivity index (χ4n) is 10.2. The van der Waals surface area contributed by atoms with Crippen LogP contribution >= 0.6 is 0 Å². The number of carbonyl (C=O) groups excluding carboxylic acids is 1. The SMILES string of the molecule is CCCCCCCCCCCCCCCCCCCCCCCCCCN[C@@H](CO[C@@H]1O[C@H](COC(=O)Nc2ccccc2C(C)(C)C)[C@H](O)[C@H](O)[C@H]1O)[C@H](O)[C@H](O)CCCCCCCCCCCCCC. The summed E-state index contributed by atoms with van der Waals surface area (Å²) in [7, 11) is 0. The Labute approximate surface area is 441 Å². The van der Waals surface area contributed by atoms with Gasteiger partial charge in [-0.05, 0) is 36.4 Å². The van der Waals surface area contributed by atoms with Gasteiger partial charge in [0.25, 0.3) is 0 Å². The van der Waals surface area contributed by atoms with Gasteiger partial charge in [-0.25, -0.2) is 4.79 Å². The van der Waals surface area contributed by atoms with Gasteiger partial charge in [0.05, 0.1) is 24.9 Å². The number of hydrogen-bond acceptors (Lipinski definition) is 10. The van der Waals surface area contributed by atoms with Crippen molar-refractivity contribution >= 4 is 11.8 Å². The molecule has 1 aromatic rings. The summed E-state index contributed by atoms with van der Waals surface area (Å²) < 4.78 is 17.4. The second-order valence-corrected chi connectivity index (χ2v) is 22.8. The quantitative estimate of drug-likeness (QED) is 0.0312. The molecule has 1 fully saturated rings. The first-order valence-corrected chi connectivity index (χ1v) is 30.3. The number of anilines is 1. The van der Waals surface area contributed by atoms with Gasteiger partial charge in [-0.1, -0.05) is 278 Å². The van der Waals surface area contributed by atoms with E-state index in [0.29, 0.717) is 18.7 Å². The predicted molar refractivity (Wildman–Crippen MR) is 299 cm³/mol. The third kappa shape index (κ3) is 31.9. The van der Waals surface area contributed by atoms with Gasteiger partial charge in [0.1, 0.15) is 31.0 Å². The molecule has 0 spiro atoms. The summed E-state index contributed by atoms with van der Waals surface area (Å²) in [5, 5.41) is 61.3. The standard InChI is InChI=1S/C61H114N2O9/c1-6-8-10-12-14-16-18-20-21-22-23-24-25-26-27-28-29-30-31-33-35-37-39-43-47-62-52(55(65)53(64)46-40-38-36-34-32-19-17-15-13-11-9-7-2)48-70-59-58(68)57(67)56(66)54(72-59)49-71-60(69)63-51-45-42-41-44-50(51)61(3,4)5/h41-42,44-45,52-59,62,64-68H,6-40,43,46-49H2,1-5H3,(H,63,69)/t52-,53+,54+,55-,56-,57-,58+,59+/m0/s1. The van der Waals surface area contributed by atoms with Crippen LogP contribution in [-0.4, -0.2) is 100 Å². The molecule has 1 heterocycles. The maximum atomic E-state index is 12.9. The Kier molecular flexibility index (Phi) is 39.9. The van der Waals surface area contributed by atoms with Gasteiger partial charge in [0.15, 0.2) is 6.29 Å². The Morgan fingerprint density at radius 3 is 1.40 bits per heavy atom. The largest absolute Gasteiger partial charge is 0.446 e.